The molecule has 21 heavy (non-hydrogen) atoms. The largest absolute Gasteiger partial charge is 0.486 e. The van der Waals surface area contributed by atoms with E-state index in [1.54, 1.807) is 0 Å². The quantitative estimate of drug-likeness (QED) is 0.666. The molecule has 0 spiro atoms. The molecule has 0 aromatic heterocycles. The second-order valence-electron chi connectivity index (χ2n) is 6.47. The van der Waals surface area contributed by atoms with Crippen LogP contribution >= 0.6 is 0 Å². The maximum Gasteiger partial charge on any atom is 0.161 e. The van der Waals surface area contributed by atoms with Gasteiger partial charge in [0.05, 0.1) is 0 Å². The van der Waals surface area contributed by atoms with E-state index in [9.17, 15) is 0 Å². The summed E-state index contributed by atoms with van der Waals surface area (Å²) in [5.41, 5.74) is 1.32. The van der Waals surface area contributed by atoms with E-state index in [1.165, 1.54) is 18.4 Å². The number of hydrogen-bond donors (Lipinski definition) is 1. The number of benzene rings is 1. The van der Waals surface area contributed by atoms with Gasteiger partial charge >= 0.3 is 0 Å². The Morgan fingerprint density at radius 1 is 1.05 bits per heavy atom. The number of fused-ring (bicyclic) bond motifs is 3. The molecule has 1 heterocycles. The summed E-state index contributed by atoms with van der Waals surface area (Å²) in [6, 6.07) is 6.30. The van der Waals surface area contributed by atoms with E-state index < -0.39 is 0 Å². The molecule has 2 aliphatic carbocycles. The molecule has 1 aromatic carbocycles. The summed E-state index contributed by atoms with van der Waals surface area (Å²) in [5.74, 6) is 4.36. The predicted molar refractivity (Wildman–Crippen MR) is 82.8 cm³/mol. The Labute approximate surface area is 126 Å². The summed E-state index contributed by atoms with van der Waals surface area (Å²) >= 11 is 0. The first kappa shape index (κ1) is 13.2. The van der Waals surface area contributed by atoms with Gasteiger partial charge < -0.3 is 14.8 Å². The Kier molecular flexibility index (Phi) is 3.60. The molecule has 2 bridgehead atoms. The highest BCUT2D eigenvalue weighted by molar-refractivity contribution is 5.43. The van der Waals surface area contributed by atoms with Gasteiger partial charge in [0.2, 0.25) is 0 Å². The molecule has 3 nitrogen and oxygen atoms in total. The first-order valence-corrected chi connectivity index (χ1v) is 8.16. The number of allylic oxidation sites excluding steroid dienone is 2. The van der Waals surface area contributed by atoms with Crippen molar-refractivity contribution in [3.63, 3.8) is 0 Å². The highest BCUT2D eigenvalue weighted by Crippen LogP contribution is 2.42. The minimum Gasteiger partial charge on any atom is -0.486 e. The van der Waals surface area contributed by atoms with Crippen molar-refractivity contribution in [1.82, 2.24) is 5.32 Å². The highest BCUT2D eigenvalue weighted by Gasteiger charge is 2.34. The molecule has 1 N–H and O–H groups in total. The van der Waals surface area contributed by atoms with Crippen molar-refractivity contribution in [2.45, 2.75) is 19.3 Å². The topological polar surface area (TPSA) is 30.5 Å². The molecule has 112 valence electrons. The van der Waals surface area contributed by atoms with Gasteiger partial charge in [-0.1, -0.05) is 18.2 Å². The van der Waals surface area contributed by atoms with E-state index in [0.29, 0.717) is 13.2 Å². The zero-order valence-corrected chi connectivity index (χ0v) is 12.4. The Morgan fingerprint density at radius 3 is 2.76 bits per heavy atom. The third kappa shape index (κ3) is 2.80. The van der Waals surface area contributed by atoms with Crippen LogP contribution in [0.15, 0.2) is 30.4 Å². The van der Waals surface area contributed by atoms with Crippen molar-refractivity contribution in [2.75, 3.05) is 26.3 Å². The fourth-order valence-electron chi connectivity index (χ4n) is 3.89. The smallest absolute Gasteiger partial charge is 0.161 e. The lowest BCUT2D eigenvalue weighted by atomic mass is 9.93. The zero-order valence-electron chi connectivity index (χ0n) is 12.4. The minimum absolute atomic E-state index is 0.659. The molecule has 0 radical (unpaired) electrons. The van der Waals surface area contributed by atoms with Gasteiger partial charge in [-0.25, -0.2) is 0 Å². The second-order valence-corrected chi connectivity index (χ2v) is 6.47. The number of ether oxygens (including phenoxy) is 2. The van der Waals surface area contributed by atoms with Crippen molar-refractivity contribution in [3.05, 3.63) is 35.9 Å². The monoisotopic (exact) mass is 285 g/mol. The summed E-state index contributed by atoms with van der Waals surface area (Å²) in [7, 11) is 0. The van der Waals surface area contributed by atoms with Crippen LogP contribution in [0.1, 0.15) is 18.4 Å². The molecule has 1 aromatic rings. The van der Waals surface area contributed by atoms with Gasteiger partial charge in [-0.2, -0.15) is 0 Å². The van der Waals surface area contributed by atoms with Gasteiger partial charge in [-0.15, -0.1) is 0 Å². The van der Waals surface area contributed by atoms with Crippen molar-refractivity contribution in [3.8, 4) is 11.5 Å². The Balaban J connectivity index is 1.25. The van der Waals surface area contributed by atoms with Crippen molar-refractivity contribution < 1.29 is 9.47 Å². The molecule has 3 atom stereocenters. The van der Waals surface area contributed by atoms with E-state index in [1.807, 2.05) is 6.07 Å². The van der Waals surface area contributed by atoms with Gasteiger partial charge in [-0.05, 0) is 67.8 Å². The summed E-state index contributed by atoms with van der Waals surface area (Å²) in [6.45, 7) is 3.52. The molecule has 0 saturated heterocycles. The van der Waals surface area contributed by atoms with Crippen molar-refractivity contribution >= 4 is 0 Å². The lowest BCUT2D eigenvalue weighted by Gasteiger charge is -2.20. The summed E-state index contributed by atoms with van der Waals surface area (Å²) in [4.78, 5) is 0. The molecule has 3 aliphatic rings. The van der Waals surface area contributed by atoms with Crippen LogP contribution in [-0.4, -0.2) is 26.3 Å². The molecule has 4 rings (SSSR count). The van der Waals surface area contributed by atoms with E-state index in [0.717, 1.165) is 48.8 Å². The van der Waals surface area contributed by atoms with Crippen LogP contribution in [0.4, 0.5) is 0 Å². The van der Waals surface area contributed by atoms with Gasteiger partial charge in [0.1, 0.15) is 13.2 Å². The summed E-state index contributed by atoms with van der Waals surface area (Å²) in [5, 5.41) is 3.63. The van der Waals surface area contributed by atoms with Crippen LogP contribution in [-0.2, 0) is 6.42 Å². The molecule has 0 amide bonds. The highest BCUT2D eigenvalue weighted by atomic mass is 16.6. The van der Waals surface area contributed by atoms with Crippen LogP contribution in [0, 0.1) is 17.8 Å². The SMILES string of the molecule is C1=CC2CC1CC2CNCCc1ccc2c(c1)OCCO2. The normalized spacial score (nSPS) is 29.0. The fraction of sp³-hybridized carbons (Fsp3) is 0.556. The molecule has 1 saturated carbocycles. The first-order chi connectivity index (χ1) is 10.4. The van der Waals surface area contributed by atoms with Crippen LogP contribution in [0.5, 0.6) is 11.5 Å². The molecule has 1 aliphatic heterocycles. The zero-order chi connectivity index (χ0) is 14.1. The molecule has 3 unspecified atom stereocenters. The number of rotatable bonds is 5. The Bertz CT molecular complexity index is 540. The lowest BCUT2D eigenvalue weighted by molar-refractivity contribution is 0.171. The molecular formula is C18H23NO2. The molecule has 3 heteroatoms. The third-order valence-corrected chi connectivity index (χ3v) is 5.02. The maximum atomic E-state index is 5.63. The van der Waals surface area contributed by atoms with Crippen LogP contribution in [0.2, 0.25) is 0 Å². The van der Waals surface area contributed by atoms with E-state index in [2.05, 4.69) is 29.6 Å². The van der Waals surface area contributed by atoms with Crippen LogP contribution in [0.3, 0.4) is 0 Å². The lowest BCUT2D eigenvalue weighted by Crippen LogP contribution is -2.27. The Morgan fingerprint density at radius 2 is 1.95 bits per heavy atom. The molecule has 1 fully saturated rings. The number of hydrogen-bond acceptors (Lipinski definition) is 3. The Hall–Kier alpha value is -1.48. The van der Waals surface area contributed by atoms with Crippen LogP contribution < -0.4 is 14.8 Å². The minimum atomic E-state index is 0.659. The van der Waals surface area contributed by atoms with Gasteiger partial charge in [-0.3, -0.25) is 0 Å². The standard InChI is InChI=1S/C18H23NO2/c1-3-15-9-14(1)10-16(15)12-19-6-5-13-2-4-17-18(11-13)21-8-7-20-17/h1-4,11,14-16,19H,5-10,12H2. The van der Waals surface area contributed by atoms with E-state index >= 15 is 0 Å². The fourth-order valence-corrected chi connectivity index (χ4v) is 3.89. The van der Waals surface area contributed by atoms with Gasteiger partial charge in [0, 0.05) is 0 Å². The average molecular weight is 285 g/mol. The second kappa shape index (κ2) is 5.72. The predicted octanol–water partition coefficient (Wildman–Crippen LogP) is 2.80. The molecular weight excluding hydrogens is 262 g/mol. The van der Waals surface area contributed by atoms with Gasteiger partial charge in [0.15, 0.2) is 11.5 Å². The van der Waals surface area contributed by atoms with Crippen LogP contribution in [0.25, 0.3) is 0 Å². The van der Waals surface area contributed by atoms with Gasteiger partial charge in [0.25, 0.3) is 0 Å². The average Bonchev–Trinajstić information content (AvgIpc) is 3.14. The van der Waals surface area contributed by atoms with E-state index in [4.69, 9.17) is 9.47 Å². The van der Waals surface area contributed by atoms with Crippen molar-refractivity contribution in [2.24, 2.45) is 17.8 Å². The number of nitrogens with one attached hydrogen (secondary N) is 1. The third-order valence-electron chi connectivity index (χ3n) is 5.02. The maximum absolute atomic E-state index is 5.63. The summed E-state index contributed by atoms with van der Waals surface area (Å²) in [6.07, 6.45) is 8.68. The first-order valence-electron chi connectivity index (χ1n) is 8.16. The van der Waals surface area contributed by atoms with E-state index in [-0.39, 0.29) is 0 Å². The summed E-state index contributed by atoms with van der Waals surface area (Å²) < 4.78 is 11.2. The van der Waals surface area contributed by atoms with Crippen molar-refractivity contribution in [1.29, 1.82) is 0 Å².